The van der Waals surface area contributed by atoms with E-state index in [1.807, 2.05) is 32.0 Å². The number of amides is 2. The molecule has 1 aromatic carbocycles. The summed E-state index contributed by atoms with van der Waals surface area (Å²) in [5.74, 6) is -0.0496. The van der Waals surface area contributed by atoms with Crippen molar-refractivity contribution in [2.24, 2.45) is 5.16 Å². The number of aromatic nitrogens is 1. The van der Waals surface area contributed by atoms with Crippen molar-refractivity contribution in [2.45, 2.75) is 33.8 Å². The maximum absolute atomic E-state index is 11.9. The van der Waals surface area contributed by atoms with Gasteiger partial charge in [-0.15, -0.1) is 0 Å². The molecule has 2 amide bonds. The first kappa shape index (κ1) is 18.2. The number of carbonyl (C=O) groups excluding carboxylic acids is 2. The molecule has 8 heteroatoms. The van der Waals surface area contributed by atoms with Crippen LogP contribution in [0, 0.1) is 20.8 Å². The summed E-state index contributed by atoms with van der Waals surface area (Å²) in [4.78, 5) is 28.7. The highest BCUT2D eigenvalue weighted by Crippen LogP contribution is 2.15. The van der Waals surface area contributed by atoms with E-state index in [0.717, 1.165) is 17.3 Å². The number of benzene rings is 1. The third-order valence-corrected chi connectivity index (χ3v) is 3.28. The van der Waals surface area contributed by atoms with Gasteiger partial charge in [-0.2, -0.15) is 0 Å². The van der Waals surface area contributed by atoms with Crippen molar-refractivity contribution in [1.82, 2.24) is 5.16 Å². The molecule has 0 aliphatic heterocycles. The summed E-state index contributed by atoms with van der Waals surface area (Å²) < 4.78 is 4.84. The van der Waals surface area contributed by atoms with Crippen LogP contribution in [0.5, 0.6) is 0 Å². The quantitative estimate of drug-likeness (QED) is 0.619. The second-order valence-corrected chi connectivity index (χ2v) is 5.60. The van der Waals surface area contributed by atoms with E-state index < -0.39 is 17.9 Å². The molecule has 2 aromatic rings. The molecule has 1 atom stereocenters. The van der Waals surface area contributed by atoms with Gasteiger partial charge >= 0.3 is 0 Å². The van der Waals surface area contributed by atoms with E-state index in [9.17, 15) is 9.59 Å². The van der Waals surface area contributed by atoms with E-state index in [0.29, 0.717) is 11.4 Å². The van der Waals surface area contributed by atoms with E-state index in [2.05, 4.69) is 20.9 Å². The molecule has 1 unspecified atom stereocenters. The van der Waals surface area contributed by atoms with Crippen molar-refractivity contribution in [3.8, 4) is 0 Å². The van der Waals surface area contributed by atoms with Crippen LogP contribution in [-0.2, 0) is 14.4 Å². The molecule has 1 aromatic heterocycles. The van der Waals surface area contributed by atoms with Crippen LogP contribution in [0.3, 0.4) is 0 Å². The second-order valence-electron chi connectivity index (χ2n) is 5.60. The Hall–Kier alpha value is -3.16. The van der Waals surface area contributed by atoms with E-state index in [1.54, 1.807) is 13.0 Å². The van der Waals surface area contributed by atoms with Crippen LogP contribution in [0.25, 0.3) is 0 Å². The first-order chi connectivity index (χ1) is 11.8. The van der Waals surface area contributed by atoms with Gasteiger partial charge < -0.3 is 20.0 Å². The highest BCUT2D eigenvalue weighted by Gasteiger charge is 2.16. The van der Waals surface area contributed by atoms with Crippen molar-refractivity contribution < 1.29 is 18.9 Å². The van der Waals surface area contributed by atoms with Gasteiger partial charge in [-0.05, 0) is 39.3 Å². The number of carbonyl (C=O) groups is 2. The Balaban J connectivity index is 1.82. The van der Waals surface area contributed by atoms with E-state index in [-0.39, 0.29) is 5.82 Å². The number of nitrogens with one attached hydrogen (secondary N) is 2. The number of rotatable bonds is 6. The zero-order valence-corrected chi connectivity index (χ0v) is 14.5. The van der Waals surface area contributed by atoms with Crippen molar-refractivity contribution in [3.63, 3.8) is 0 Å². The fourth-order valence-electron chi connectivity index (χ4n) is 1.99. The molecule has 0 saturated heterocycles. The highest BCUT2D eigenvalue weighted by atomic mass is 16.6. The third-order valence-electron chi connectivity index (χ3n) is 3.28. The van der Waals surface area contributed by atoms with Crippen molar-refractivity contribution in [3.05, 3.63) is 41.2 Å². The molecule has 25 heavy (non-hydrogen) atoms. The number of nitrogens with zero attached hydrogens (tertiary/aromatic N) is 2. The van der Waals surface area contributed by atoms with Gasteiger partial charge in [0.25, 0.3) is 11.8 Å². The molecule has 0 radical (unpaired) electrons. The maximum atomic E-state index is 11.9. The molecule has 132 valence electrons. The fourth-order valence-corrected chi connectivity index (χ4v) is 1.99. The molecular formula is C17H20N4O4. The Labute approximate surface area is 145 Å². The molecule has 0 saturated carbocycles. The Morgan fingerprint density at radius 1 is 1.24 bits per heavy atom. The van der Waals surface area contributed by atoms with Gasteiger partial charge in [0.05, 0.1) is 0 Å². The third kappa shape index (κ3) is 5.45. The lowest BCUT2D eigenvalue weighted by Gasteiger charge is -2.09. The molecule has 8 nitrogen and oxygen atoms in total. The number of anilines is 2. The molecule has 0 spiro atoms. The Morgan fingerprint density at radius 2 is 2.00 bits per heavy atom. The lowest BCUT2D eigenvalue weighted by Crippen LogP contribution is -2.26. The molecular weight excluding hydrogens is 324 g/mol. The summed E-state index contributed by atoms with van der Waals surface area (Å²) in [6, 6.07) is 7.24. The average molecular weight is 344 g/mol. The van der Waals surface area contributed by atoms with Crippen LogP contribution in [0.15, 0.2) is 33.9 Å². The summed E-state index contributed by atoms with van der Waals surface area (Å²) in [5, 5.41) is 12.4. The minimum absolute atomic E-state index is 0.287. The predicted molar refractivity (Wildman–Crippen MR) is 93.5 cm³/mol. The Bertz CT molecular complexity index is 798. The number of hydrogen-bond donors (Lipinski definition) is 2. The zero-order valence-electron chi connectivity index (χ0n) is 14.5. The minimum atomic E-state index is -0.901. The second kappa shape index (κ2) is 8.09. The monoisotopic (exact) mass is 344 g/mol. The first-order valence-corrected chi connectivity index (χ1v) is 7.67. The largest absolute Gasteiger partial charge is 0.383 e. The number of hydrogen-bond acceptors (Lipinski definition) is 6. The van der Waals surface area contributed by atoms with Crippen LogP contribution >= 0.6 is 0 Å². The highest BCUT2D eigenvalue weighted by molar-refractivity contribution is 6.31. The van der Waals surface area contributed by atoms with Crippen molar-refractivity contribution >= 4 is 29.5 Å². The van der Waals surface area contributed by atoms with Crippen LogP contribution in [0.1, 0.15) is 23.8 Å². The van der Waals surface area contributed by atoms with E-state index in [1.165, 1.54) is 6.92 Å². The maximum Gasteiger partial charge on any atom is 0.270 e. The lowest BCUT2D eigenvalue weighted by molar-refractivity contribution is -0.126. The topological polar surface area (TPSA) is 106 Å². The van der Waals surface area contributed by atoms with Crippen LogP contribution in [0.4, 0.5) is 11.5 Å². The van der Waals surface area contributed by atoms with Gasteiger partial charge in [0, 0.05) is 11.8 Å². The average Bonchev–Trinajstić information content (AvgIpc) is 2.95. The van der Waals surface area contributed by atoms with Crippen LogP contribution in [-0.4, -0.2) is 29.3 Å². The van der Waals surface area contributed by atoms with E-state index in [4.69, 9.17) is 9.36 Å². The van der Waals surface area contributed by atoms with Crippen LogP contribution < -0.4 is 10.6 Å². The minimum Gasteiger partial charge on any atom is -0.383 e. The smallest absolute Gasteiger partial charge is 0.270 e. The predicted octanol–water partition coefficient (Wildman–Crippen LogP) is 2.57. The normalized spacial score (nSPS) is 12.0. The SMILES string of the molecule is Cc1ccc(NC(=O)C=NOC(C)C(=O)Nc2cc(C)on2)c(C)c1. The summed E-state index contributed by atoms with van der Waals surface area (Å²) in [5.41, 5.74) is 2.74. The summed E-state index contributed by atoms with van der Waals surface area (Å²) in [7, 11) is 0. The molecule has 2 rings (SSSR count). The fraction of sp³-hybridized carbons (Fsp3) is 0.294. The molecule has 0 aliphatic rings. The Morgan fingerprint density at radius 3 is 2.64 bits per heavy atom. The van der Waals surface area contributed by atoms with Crippen molar-refractivity contribution in [1.29, 1.82) is 0 Å². The summed E-state index contributed by atoms with van der Waals surface area (Å²) in [6.07, 6.45) is 0.0748. The number of oxime groups is 1. The number of aryl methyl sites for hydroxylation is 3. The molecule has 1 heterocycles. The van der Waals surface area contributed by atoms with Crippen molar-refractivity contribution in [2.75, 3.05) is 10.6 Å². The molecule has 0 bridgehead atoms. The first-order valence-electron chi connectivity index (χ1n) is 7.67. The van der Waals surface area contributed by atoms with Crippen LogP contribution in [0.2, 0.25) is 0 Å². The molecule has 0 aliphatic carbocycles. The van der Waals surface area contributed by atoms with Gasteiger partial charge in [-0.25, -0.2) is 0 Å². The van der Waals surface area contributed by atoms with Gasteiger partial charge in [0.2, 0.25) is 6.10 Å². The van der Waals surface area contributed by atoms with Gasteiger partial charge in [-0.3, -0.25) is 9.59 Å². The summed E-state index contributed by atoms with van der Waals surface area (Å²) >= 11 is 0. The molecule has 0 fully saturated rings. The molecule has 2 N–H and O–H groups in total. The standard InChI is InChI=1S/C17H20N4O4/c1-10-5-6-14(11(2)7-10)19-16(22)9-18-25-13(4)17(23)20-15-8-12(3)24-21-15/h5-9,13H,1-4H3,(H,19,22)(H,20,21,23). The summed E-state index contributed by atoms with van der Waals surface area (Å²) in [6.45, 7) is 7.08. The van der Waals surface area contributed by atoms with Gasteiger partial charge in [-0.1, -0.05) is 28.0 Å². The lowest BCUT2D eigenvalue weighted by atomic mass is 10.1. The van der Waals surface area contributed by atoms with Gasteiger partial charge in [0.15, 0.2) is 5.82 Å². The Kier molecular flexibility index (Phi) is 5.89. The van der Waals surface area contributed by atoms with E-state index >= 15 is 0 Å². The van der Waals surface area contributed by atoms with Gasteiger partial charge in [0.1, 0.15) is 12.0 Å². The zero-order chi connectivity index (χ0) is 18.4.